The highest BCUT2D eigenvalue weighted by Gasteiger charge is 2.66. The van der Waals surface area contributed by atoms with Crippen LogP contribution in [0.25, 0.3) is 0 Å². The highest BCUT2D eigenvalue weighted by atomic mass is 31.2. The van der Waals surface area contributed by atoms with E-state index < -0.39 is 30.4 Å². The summed E-state index contributed by atoms with van der Waals surface area (Å²) in [4.78, 5) is 32.0. The van der Waals surface area contributed by atoms with Crippen molar-refractivity contribution in [1.29, 1.82) is 0 Å². The number of hydrogen-bond acceptors (Lipinski definition) is 9. The molecule has 0 saturated heterocycles. The SMILES string of the molecule is CCOC(=O)C1=C(C(=O)OCC)C(c2ccccc2)(P(=O)(OCC)OCC)OC1=NC(C)(C)CC(C)(C)C. The van der Waals surface area contributed by atoms with Crippen LogP contribution in [0.5, 0.6) is 0 Å². The molecule has 0 bridgehead atoms. The van der Waals surface area contributed by atoms with Gasteiger partial charge in [-0.1, -0.05) is 51.1 Å². The Balaban J connectivity index is 3.10. The van der Waals surface area contributed by atoms with Gasteiger partial charge in [-0.05, 0) is 53.4 Å². The summed E-state index contributed by atoms with van der Waals surface area (Å²) in [6.07, 6.45) is 0.616. The Kier molecular flexibility index (Phi) is 10.5. The largest absolute Gasteiger partial charge is 0.462 e. The molecule has 10 heteroatoms. The average Bonchev–Trinajstić information content (AvgIpc) is 3.14. The van der Waals surface area contributed by atoms with Gasteiger partial charge in [-0.3, -0.25) is 4.57 Å². The lowest BCUT2D eigenvalue weighted by Crippen LogP contribution is -2.35. The van der Waals surface area contributed by atoms with Gasteiger partial charge in [0.2, 0.25) is 5.90 Å². The van der Waals surface area contributed by atoms with Crippen LogP contribution in [-0.2, 0) is 42.8 Å². The first-order chi connectivity index (χ1) is 17.7. The van der Waals surface area contributed by atoms with E-state index in [9.17, 15) is 14.2 Å². The number of carbonyl (C=O) groups excluding carboxylic acids is 2. The van der Waals surface area contributed by atoms with Crippen molar-refractivity contribution in [2.24, 2.45) is 10.4 Å². The molecule has 1 aliphatic heterocycles. The van der Waals surface area contributed by atoms with Gasteiger partial charge in [0.05, 0.1) is 32.0 Å². The van der Waals surface area contributed by atoms with Crippen LogP contribution in [-0.4, -0.2) is 49.8 Å². The van der Waals surface area contributed by atoms with Gasteiger partial charge in [0.1, 0.15) is 11.1 Å². The number of carbonyl (C=O) groups is 2. The molecular formula is C28H42NO8P. The number of nitrogens with zero attached hydrogens (tertiary/aromatic N) is 1. The maximum atomic E-state index is 14.7. The van der Waals surface area contributed by atoms with Crippen LogP contribution in [0.2, 0.25) is 0 Å². The summed E-state index contributed by atoms with van der Waals surface area (Å²) in [5, 5.41) is -2.16. The average molecular weight is 552 g/mol. The Morgan fingerprint density at radius 2 is 1.39 bits per heavy atom. The fourth-order valence-corrected chi connectivity index (χ4v) is 7.08. The first-order valence-corrected chi connectivity index (χ1v) is 14.6. The molecule has 0 saturated carbocycles. The number of aliphatic imine (C=N–C) groups is 1. The van der Waals surface area contributed by atoms with Gasteiger partial charge in [-0.25, -0.2) is 14.6 Å². The zero-order valence-corrected chi connectivity index (χ0v) is 25.0. The molecule has 2 rings (SSSR count). The zero-order valence-electron chi connectivity index (χ0n) is 24.1. The van der Waals surface area contributed by atoms with Crippen molar-refractivity contribution in [3.8, 4) is 0 Å². The molecule has 0 aliphatic carbocycles. The minimum atomic E-state index is -4.36. The molecule has 0 spiro atoms. The lowest BCUT2D eigenvalue weighted by Gasteiger charge is -2.36. The smallest absolute Gasteiger partial charge is 0.383 e. The quantitative estimate of drug-likeness (QED) is 0.224. The van der Waals surface area contributed by atoms with Gasteiger partial charge in [0, 0.05) is 5.56 Å². The molecule has 1 atom stereocenters. The summed E-state index contributed by atoms with van der Waals surface area (Å²) in [7, 11) is -4.36. The number of ether oxygens (including phenoxy) is 3. The molecule has 0 N–H and O–H groups in total. The van der Waals surface area contributed by atoms with Gasteiger partial charge in [-0.15, -0.1) is 0 Å². The van der Waals surface area contributed by atoms with Crippen molar-refractivity contribution in [1.82, 2.24) is 0 Å². The summed E-state index contributed by atoms with van der Waals surface area (Å²) in [6.45, 7) is 16.6. The monoisotopic (exact) mass is 551 g/mol. The summed E-state index contributed by atoms with van der Waals surface area (Å²) >= 11 is 0. The lowest BCUT2D eigenvalue weighted by atomic mass is 9.82. The third-order valence-corrected chi connectivity index (χ3v) is 8.06. The van der Waals surface area contributed by atoms with Gasteiger partial charge in [0.25, 0.3) is 5.34 Å². The van der Waals surface area contributed by atoms with Crippen LogP contribution >= 0.6 is 7.60 Å². The van der Waals surface area contributed by atoms with Gasteiger partial charge < -0.3 is 23.3 Å². The van der Waals surface area contributed by atoms with E-state index in [4.69, 9.17) is 28.3 Å². The Labute approximate surface area is 226 Å². The van der Waals surface area contributed by atoms with E-state index in [1.807, 2.05) is 13.8 Å². The normalized spacial score (nSPS) is 19.4. The molecule has 1 heterocycles. The maximum Gasteiger partial charge on any atom is 0.383 e. The fourth-order valence-electron chi connectivity index (χ4n) is 4.82. The van der Waals surface area contributed by atoms with Gasteiger partial charge in [0.15, 0.2) is 0 Å². The van der Waals surface area contributed by atoms with E-state index in [2.05, 4.69) is 20.8 Å². The van der Waals surface area contributed by atoms with E-state index in [0.717, 1.165) is 0 Å². The first-order valence-electron chi connectivity index (χ1n) is 13.0. The van der Waals surface area contributed by atoms with Crippen LogP contribution < -0.4 is 0 Å². The first kappa shape index (κ1) is 31.7. The molecule has 38 heavy (non-hydrogen) atoms. The predicted molar refractivity (Wildman–Crippen MR) is 146 cm³/mol. The number of esters is 2. The highest BCUT2D eigenvalue weighted by molar-refractivity contribution is 7.55. The Bertz CT molecular complexity index is 1090. The third kappa shape index (κ3) is 6.74. The number of hydrogen-bond donors (Lipinski definition) is 0. The molecule has 0 amide bonds. The van der Waals surface area contributed by atoms with Crippen LogP contribution in [0, 0.1) is 5.41 Å². The molecule has 9 nitrogen and oxygen atoms in total. The second-order valence-corrected chi connectivity index (χ2v) is 12.7. The van der Waals surface area contributed by atoms with Crippen molar-refractivity contribution >= 4 is 25.4 Å². The molecule has 0 radical (unpaired) electrons. The number of rotatable bonds is 12. The minimum absolute atomic E-state index is 0.00112. The summed E-state index contributed by atoms with van der Waals surface area (Å²) in [5.41, 5.74) is -1.14. The van der Waals surface area contributed by atoms with Crippen LogP contribution in [0.4, 0.5) is 0 Å². The highest BCUT2D eigenvalue weighted by Crippen LogP contribution is 2.71. The van der Waals surface area contributed by atoms with Crippen LogP contribution in [0.15, 0.2) is 46.5 Å². The van der Waals surface area contributed by atoms with Gasteiger partial charge >= 0.3 is 19.5 Å². The number of benzene rings is 1. The molecular weight excluding hydrogens is 509 g/mol. The van der Waals surface area contributed by atoms with E-state index in [1.165, 1.54) is 0 Å². The molecule has 1 aromatic rings. The fraction of sp³-hybridized carbons (Fsp3) is 0.607. The Morgan fingerprint density at radius 1 is 0.868 bits per heavy atom. The van der Waals surface area contributed by atoms with E-state index in [-0.39, 0.29) is 54.4 Å². The van der Waals surface area contributed by atoms with Crippen molar-refractivity contribution in [3.05, 3.63) is 47.0 Å². The van der Waals surface area contributed by atoms with E-state index >= 15 is 0 Å². The van der Waals surface area contributed by atoms with Crippen molar-refractivity contribution in [3.63, 3.8) is 0 Å². The summed E-state index contributed by atoms with van der Waals surface area (Å²) in [5.74, 6) is -1.93. The molecule has 1 aliphatic rings. The van der Waals surface area contributed by atoms with E-state index in [1.54, 1.807) is 58.0 Å². The standard InChI is InChI=1S/C28H42NO8P/c1-10-33-24(30)21-22(25(31)34-11-2)28(20-17-15-14-16-18-20,38(32,35-12-3)36-13-4)37-23(21)29-27(8,9)19-26(5,6)7/h14-18H,10-13,19H2,1-9H3. The van der Waals surface area contributed by atoms with Crippen molar-refractivity contribution in [2.75, 3.05) is 26.4 Å². The zero-order chi connectivity index (χ0) is 28.8. The molecule has 1 aromatic carbocycles. The molecule has 1 unspecified atom stereocenters. The molecule has 0 fully saturated rings. The Hall–Kier alpha value is -2.48. The summed E-state index contributed by atoms with van der Waals surface area (Å²) < 4.78 is 43.5. The molecule has 0 aromatic heterocycles. The Morgan fingerprint density at radius 3 is 1.87 bits per heavy atom. The second kappa shape index (κ2) is 12.6. The van der Waals surface area contributed by atoms with Crippen molar-refractivity contribution < 1.29 is 37.4 Å². The lowest BCUT2D eigenvalue weighted by molar-refractivity contribution is -0.142. The maximum absolute atomic E-state index is 14.7. The van der Waals surface area contributed by atoms with E-state index in [0.29, 0.717) is 6.42 Å². The topological polar surface area (TPSA) is 110 Å². The third-order valence-electron chi connectivity index (χ3n) is 5.52. The van der Waals surface area contributed by atoms with Crippen LogP contribution in [0.3, 0.4) is 0 Å². The van der Waals surface area contributed by atoms with Crippen LogP contribution in [0.1, 0.15) is 74.3 Å². The molecule has 212 valence electrons. The van der Waals surface area contributed by atoms with Crippen molar-refractivity contribution in [2.45, 2.75) is 79.6 Å². The van der Waals surface area contributed by atoms with Gasteiger partial charge in [-0.2, -0.15) is 0 Å². The second-order valence-electron chi connectivity index (χ2n) is 10.6. The minimum Gasteiger partial charge on any atom is -0.462 e. The predicted octanol–water partition coefficient (Wildman–Crippen LogP) is 6.17. The summed E-state index contributed by atoms with van der Waals surface area (Å²) in [6, 6.07) is 8.44.